The van der Waals surface area contributed by atoms with Crippen molar-refractivity contribution in [3.63, 3.8) is 0 Å². The van der Waals surface area contributed by atoms with E-state index in [2.05, 4.69) is 14.5 Å². The predicted molar refractivity (Wildman–Crippen MR) is 126 cm³/mol. The second-order valence-electron chi connectivity index (χ2n) is 7.90. The molecule has 0 bridgehead atoms. The lowest BCUT2D eigenvalue weighted by atomic mass is 10.3. The van der Waals surface area contributed by atoms with Crippen LogP contribution in [0.25, 0.3) is 16.9 Å². The molecule has 0 saturated carbocycles. The van der Waals surface area contributed by atoms with Crippen molar-refractivity contribution in [1.29, 1.82) is 0 Å². The SMILES string of the molecule is COc1cccc(S(=O)(=O)N2CCN(Cc3nc4cccnc4n3-c3ccccc3)CC2)c1. The maximum atomic E-state index is 13.1. The molecular formula is C24H25N5O3S. The fourth-order valence-electron chi connectivity index (χ4n) is 4.15. The van der Waals surface area contributed by atoms with E-state index in [0.29, 0.717) is 38.5 Å². The Labute approximate surface area is 193 Å². The van der Waals surface area contributed by atoms with Crippen molar-refractivity contribution < 1.29 is 13.2 Å². The second-order valence-corrected chi connectivity index (χ2v) is 9.84. The summed E-state index contributed by atoms with van der Waals surface area (Å²) in [5.41, 5.74) is 2.67. The maximum Gasteiger partial charge on any atom is 0.243 e. The summed E-state index contributed by atoms with van der Waals surface area (Å²) >= 11 is 0. The molecule has 1 aliphatic heterocycles. The van der Waals surface area contributed by atoms with Crippen LogP contribution in [0.4, 0.5) is 0 Å². The van der Waals surface area contributed by atoms with E-state index in [1.807, 2.05) is 42.5 Å². The molecule has 2 aromatic heterocycles. The summed E-state index contributed by atoms with van der Waals surface area (Å²) in [5, 5.41) is 0. The monoisotopic (exact) mass is 463 g/mol. The van der Waals surface area contributed by atoms with Gasteiger partial charge in [-0.3, -0.25) is 9.47 Å². The smallest absolute Gasteiger partial charge is 0.243 e. The van der Waals surface area contributed by atoms with Crippen molar-refractivity contribution in [2.75, 3.05) is 33.3 Å². The predicted octanol–water partition coefficient (Wildman–Crippen LogP) is 2.94. The highest BCUT2D eigenvalue weighted by Crippen LogP contribution is 2.24. The van der Waals surface area contributed by atoms with Gasteiger partial charge in [0.15, 0.2) is 5.65 Å². The normalized spacial score (nSPS) is 15.7. The first-order valence-corrected chi connectivity index (χ1v) is 12.2. The molecule has 1 saturated heterocycles. The number of sulfonamides is 1. The van der Waals surface area contributed by atoms with E-state index in [1.165, 1.54) is 7.11 Å². The zero-order chi connectivity index (χ0) is 22.8. The van der Waals surface area contributed by atoms with E-state index in [0.717, 1.165) is 22.7 Å². The third-order valence-corrected chi connectivity index (χ3v) is 7.77. The molecule has 170 valence electrons. The topological polar surface area (TPSA) is 80.6 Å². The molecule has 1 fully saturated rings. The Bertz CT molecular complexity index is 1360. The molecule has 0 atom stereocenters. The van der Waals surface area contributed by atoms with E-state index >= 15 is 0 Å². The zero-order valence-corrected chi connectivity index (χ0v) is 19.1. The third-order valence-electron chi connectivity index (χ3n) is 5.88. The molecule has 3 heterocycles. The Kier molecular flexibility index (Phi) is 5.84. The van der Waals surface area contributed by atoms with E-state index in [-0.39, 0.29) is 4.90 Å². The molecule has 2 aromatic carbocycles. The molecule has 4 aromatic rings. The fourth-order valence-corrected chi connectivity index (χ4v) is 5.61. The second kappa shape index (κ2) is 8.93. The van der Waals surface area contributed by atoms with Crippen LogP contribution in [-0.2, 0) is 16.6 Å². The first kappa shape index (κ1) is 21.6. The fraction of sp³-hybridized carbons (Fsp3) is 0.250. The number of aromatic nitrogens is 3. The molecule has 0 unspecified atom stereocenters. The van der Waals surface area contributed by atoms with E-state index in [9.17, 15) is 8.42 Å². The van der Waals surface area contributed by atoms with Crippen molar-refractivity contribution in [3.8, 4) is 11.4 Å². The summed E-state index contributed by atoms with van der Waals surface area (Å²) < 4.78 is 35.0. The first-order chi connectivity index (χ1) is 16.1. The van der Waals surface area contributed by atoms with Crippen molar-refractivity contribution in [3.05, 3.63) is 78.8 Å². The van der Waals surface area contributed by atoms with Gasteiger partial charge in [0.1, 0.15) is 17.1 Å². The summed E-state index contributed by atoms with van der Waals surface area (Å²) in [4.78, 5) is 11.9. The van der Waals surface area contributed by atoms with Gasteiger partial charge in [0.05, 0.1) is 18.6 Å². The number of nitrogens with zero attached hydrogens (tertiary/aromatic N) is 5. The Balaban J connectivity index is 1.35. The van der Waals surface area contributed by atoms with Crippen LogP contribution in [-0.4, -0.2) is 65.4 Å². The number of ether oxygens (including phenoxy) is 1. The average Bonchev–Trinajstić information content (AvgIpc) is 3.22. The Morgan fingerprint density at radius 2 is 1.73 bits per heavy atom. The van der Waals surface area contributed by atoms with Gasteiger partial charge in [-0.05, 0) is 36.4 Å². The Morgan fingerprint density at radius 1 is 0.939 bits per heavy atom. The van der Waals surface area contributed by atoms with Gasteiger partial charge < -0.3 is 4.74 Å². The minimum absolute atomic E-state index is 0.257. The highest BCUT2D eigenvalue weighted by Gasteiger charge is 2.29. The third kappa shape index (κ3) is 4.22. The van der Waals surface area contributed by atoms with Crippen LogP contribution in [0.3, 0.4) is 0 Å². The molecule has 33 heavy (non-hydrogen) atoms. The molecule has 0 N–H and O–H groups in total. The van der Waals surface area contributed by atoms with Gasteiger partial charge in [0, 0.05) is 44.1 Å². The minimum Gasteiger partial charge on any atom is -0.497 e. The quantitative estimate of drug-likeness (QED) is 0.437. The van der Waals surface area contributed by atoms with Crippen LogP contribution in [0.15, 0.2) is 77.8 Å². The number of hydrogen-bond acceptors (Lipinski definition) is 6. The number of para-hydroxylation sites is 1. The lowest BCUT2D eigenvalue weighted by molar-refractivity contribution is 0.177. The number of hydrogen-bond donors (Lipinski definition) is 0. The van der Waals surface area contributed by atoms with Crippen LogP contribution in [0.2, 0.25) is 0 Å². The largest absolute Gasteiger partial charge is 0.497 e. The van der Waals surface area contributed by atoms with E-state index in [1.54, 1.807) is 34.8 Å². The number of methoxy groups -OCH3 is 1. The van der Waals surface area contributed by atoms with Crippen molar-refractivity contribution in [2.24, 2.45) is 0 Å². The molecule has 1 aliphatic rings. The summed E-state index contributed by atoms with van der Waals surface area (Å²) in [5.74, 6) is 1.42. The van der Waals surface area contributed by atoms with Crippen LogP contribution in [0.5, 0.6) is 5.75 Å². The molecule has 0 spiro atoms. The van der Waals surface area contributed by atoms with Gasteiger partial charge in [-0.25, -0.2) is 18.4 Å². The number of fused-ring (bicyclic) bond motifs is 1. The van der Waals surface area contributed by atoms with Crippen LogP contribution < -0.4 is 4.74 Å². The molecular weight excluding hydrogens is 438 g/mol. The number of piperazine rings is 1. The Hall–Kier alpha value is -3.27. The van der Waals surface area contributed by atoms with Gasteiger partial charge in [-0.1, -0.05) is 24.3 Å². The van der Waals surface area contributed by atoms with Crippen molar-refractivity contribution in [2.45, 2.75) is 11.4 Å². The van der Waals surface area contributed by atoms with Gasteiger partial charge >= 0.3 is 0 Å². The molecule has 0 amide bonds. The lowest BCUT2D eigenvalue weighted by Crippen LogP contribution is -2.48. The van der Waals surface area contributed by atoms with E-state index in [4.69, 9.17) is 9.72 Å². The van der Waals surface area contributed by atoms with Crippen molar-refractivity contribution in [1.82, 2.24) is 23.7 Å². The summed E-state index contributed by atoms with van der Waals surface area (Å²) in [6.45, 7) is 2.69. The molecule has 0 aliphatic carbocycles. The standard InChI is InChI=1S/C24H25N5O3S/c1-32-20-9-5-10-21(17-20)33(30,31)28-15-13-27(14-16-28)18-23-26-22-11-6-12-25-24(22)29(23)19-7-3-2-4-8-19/h2-12,17H,13-16,18H2,1H3. The maximum absolute atomic E-state index is 13.1. The minimum atomic E-state index is -3.57. The van der Waals surface area contributed by atoms with Gasteiger partial charge in [0.25, 0.3) is 0 Å². The van der Waals surface area contributed by atoms with Gasteiger partial charge in [0.2, 0.25) is 10.0 Å². The molecule has 0 radical (unpaired) electrons. The number of pyridine rings is 1. The zero-order valence-electron chi connectivity index (χ0n) is 18.3. The summed E-state index contributed by atoms with van der Waals surface area (Å²) in [7, 11) is -2.04. The highest BCUT2D eigenvalue weighted by atomic mass is 32.2. The Morgan fingerprint density at radius 3 is 2.48 bits per heavy atom. The summed E-state index contributed by atoms with van der Waals surface area (Å²) in [6.07, 6.45) is 1.77. The van der Waals surface area contributed by atoms with Crippen molar-refractivity contribution >= 4 is 21.2 Å². The average molecular weight is 464 g/mol. The van der Waals surface area contributed by atoms with Gasteiger partial charge in [-0.15, -0.1) is 0 Å². The number of imidazole rings is 1. The van der Waals surface area contributed by atoms with Crippen LogP contribution in [0.1, 0.15) is 5.82 Å². The van der Waals surface area contributed by atoms with Gasteiger partial charge in [-0.2, -0.15) is 4.31 Å². The van der Waals surface area contributed by atoms with Crippen LogP contribution >= 0.6 is 0 Å². The number of rotatable bonds is 6. The number of benzene rings is 2. The van der Waals surface area contributed by atoms with E-state index < -0.39 is 10.0 Å². The summed E-state index contributed by atoms with van der Waals surface area (Å²) in [6, 6.07) is 20.5. The first-order valence-electron chi connectivity index (χ1n) is 10.8. The molecule has 5 rings (SSSR count). The molecule has 8 nitrogen and oxygen atoms in total. The van der Waals surface area contributed by atoms with Crippen LogP contribution in [0, 0.1) is 0 Å². The highest BCUT2D eigenvalue weighted by molar-refractivity contribution is 7.89. The molecule has 9 heteroatoms. The lowest BCUT2D eigenvalue weighted by Gasteiger charge is -2.33.